The molecule has 0 bridgehead atoms. The molecular formula is C18H16ClN3O4. The van der Waals surface area contributed by atoms with Crippen LogP contribution in [0.15, 0.2) is 54.7 Å². The second kappa shape index (κ2) is 7.99. The van der Waals surface area contributed by atoms with Crippen molar-refractivity contribution in [3.05, 3.63) is 81.0 Å². The van der Waals surface area contributed by atoms with E-state index in [1.807, 2.05) is 12.1 Å². The number of nitrogens with zero attached hydrogens (tertiary/aromatic N) is 3. The Morgan fingerprint density at radius 1 is 1.19 bits per heavy atom. The Hall–Kier alpha value is -2.90. The number of halogens is 1. The van der Waals surface area contributed by atoms with Crippen molar-refractivity contribution in [1.82, 2.24) is 9.78 Å². The van der Waals surface area contributed by atoms with Crippen LogP contribution in [0.1, 0.15) is 11.1 Å². The van der Waals surface area contributed by atoms with Gasteiger partial charge in [-0.3, -0.25) is 10.1 Å². The average molecular weight is 374 g/mol. The fraction of sp³-hybridized carbons (Fsp3) is 0.167. The Kier molecular flexibility index (Phi) is 5.50. The third-order valence-electron chi connectivity index (χ3n) is 3.85. The molecule has 0 spiro atoms. The summed E-state index contributed by atoms with van der Waals surface area (Å²) in [5, 5.41) is 25.4. The highest BCUT2D eigenvalue weighted by molar-refractivity contribution is 6.30. The van der Waals surface area contributed by atoms with Crippen LogP contribution in [0, 0.1) is 10.1 Å². The van der Waals surface area contributed by atoms with Crippen LogP contribution in [0.25, 0.3) is 5.69 Å². The quantitative estimate of drug-likeness (QED) is 0.505. The van der Waals surface area contributed by atoms with Gasteiger partial charge in [0.05, 0.1) is 16.2 Å². The Morgan fingerprint density at radius 2 is 1.96 bits per heavy atom. The Bertz CT molecular complexity index is 909. The maximum Gasteiger partial charge on any atom is 0.276 e. The van der Waals surface area contributed by atoms with Crippen molar-refractivity contribution in [3.63, 3.8) is 0 Å². The summed E-state index contributed by atoms with van der Waals surface area (Å²) in [6, 6.07) is 13.6. The van der Waals surface area contributed by atoms with Gasteiger partial charge in [0.1, 0.15) is 6.61 Å². The Labute approximate surface area is 154 Å². The second-order valence-electron chi connectivity index (χ2n) is 5.51. The summed E-state index contributed by atoms with van der Waals surface area (Å²) in [6.07, 6.45) is 2.05. The topological polar surface area (TPSA) is 90.4 Å². The lowest BCUT2D eigenvalue weighted by Gasteiger charge is -2.09. The third kappa shape index (κ3) is 4.01. The van der Waals surface area contributed by atoms with Crippen LogP contribution in [-0.4, -0.2) is 26.4 Å². The van der Waals surface area contributed by atoms with Crippen molar-refractivity contribution in [1.29, 1.82) is 0 Å². The molecule has 0 unspecified atom stereocenters. The first-order chi connectivity index (χ1) is 12.6. The Balaban J connectivity index is 1.79. The molecule has 0 saturated carbocycles. The van der Waals surface area contributed by atoms with E-state index in [2.05, 4.69) is 5.10 Å². The lowest BCUT2D eigenvalue weighted by molar-refractivity contribution is -0.385. The third-order valence-corrected chi connectivity index (χ3v) is 4.10. The molecule has 2 aromatic carbocycles. The van der Waals surface area contributed by atoms with Crippen molar-refractivity contribution in [2.24, 2.45) is 0 Å². The van der Waals surface area contributed by atoms with Crippen LogP contribution < -0.4 is 4.74 Å². The van der Waals surface area contributed by atoms with E-state index in [1.54, 1.807) is 41.2 Å². The first kappa shape index (κ1) is 17.9. The minimum absolute atomic E-state index is 0.00980. The molecule has 1 heterocycles. The first-order valence-corrected chi connectivity index (χ1v) is 8.26. The molecule has 0 fully saturated rings. The van der Waals surface area contributed by atoms with Gasteiger partial charge in [-0.15, -0.1) is 5.10 Å². The van der Waals surface area contributed by atoms with Gasteiger partial charge in [0.2, 0.25) is 5.88 Å². The summed E-state index contributed by atoms with van der Waals surface area (Å²) in [5.74, 6) is 0.341. The average Bonchev–Trinajstić information content (AvgIpc) is 3.10. The highest BCUT2D eigenvalue weighted by atomic mass is 35.5. The minimum Gasteiger partial charge on any atom is -0.471 e. The molecule has 0 aliphatic rings. The fourth-order valence-corrected chi connectivity index (χ4v) is 2.71. The summed E-state index contributed by atoms with van der Waals surface area (Å²) in [5.41, 5.74) is 1.90. The standard InChI is InChI=1S/C18H16ClN3O4/c19-14-4-6-15(7-5-14)21-10-8-18(20-21)26-12-16-13(9-11-23)2-1-3-17(16)22(24)25/h1-8,10,23H,9,11-12H2. The maximum atomic E-state index is 11.3. The van der Waals surface area contributed by atoms with Gasteiger partial charge in [-0.05, 0) is 36.2 Å². The molecule has 3 aromatic rings. The highest BCUT2D eigenvalue weighted by Gasteiger charge is 2.18. The predicted octanol–water partition coefficient (Wildman–Crippen LogP) is 3.55. The lowest BCUT2D eigenvalue weighted by atomic mass is 10.0. The number of nitro groups is 1. The molecule has 26 heavy (non-hydrogen) atoms. The number of hydrogen-bond acceptors (Lipinski definition) is 5. The van der Waals surface area contributed by atoms with Crippen LogP contribution >= 0.6 is 11.6 Å². The number of rotatable bonds is 7. The van der Waals surface area contributed by atoms with Crippen LogP contribution in [0.3, 0.4) is 0 Å². The van der Waals surface area contributed by atoms with Crippen molar-refractivity contribution >= 4 is 17.3 Å². The van der Waals surface area contributed by atoms with E-state index < -0.39 is 4.92 Å². The molecule has 1 N–H and O–H groups in total. The summed E-state index contributed by atoms with van der Waals surface area (Å²) >= 11 is 5.88. The van der Waals surface area contributed by atoms with Gasteiger partial charge in [-0.25, -0.2) is 4.68 Å². The summed E-state index contributed by atoms with van der Waals surface area (Å²) < 4.78 is 7.28. The van der Waals surface area contributed by atoms with E-state index in [-0.39, 0.29) is 18.9 Å². The predicted molar refractivity (Wildman–Crippen MR) is 96.8 cm³/mol. The number of ether oxygens (including phenoxy) is 1. The van der Waals surface area contributed by atoms with Crippen molar-refractivity contribution in [2.75, 3.05) is 6.61 Å². The number of aliphatic hydroxyl groups excluding tert-OH is 1. The van der Waals surface area contributed by atoms with Gasteiger partial charge >= 0.3 is 0 Å². The second-order valence-corrected chi connectivity index (χ2v) is 5.95. The summed E-state index contributed by atoms with van der Waals surface area (Å²) in [4.78, 5) is 10.8. The van der Waals surface area contributed by atoms with Gasteiger partial charge < -0.3 is 9.84 Å². The summed E-state index contributed by atoms with van der Waals surface area (Å²) in [7, 11) is 0. The molecule has 0 radical (unpaired) electrons. The largest absolute Gasteiger partial charge is 0.471 e. The van der Waals surface area contributed by atoms with Crippen LogP contribution in [-0.2, 0) is 13.0 Å². The highest BCUT2D eigenvalue weighted by Crippen LogP contribution is 2.25. The zero-order valence-corrected chi connectivity index (χ0v) is 14.5. The lowest BCUT2D eigenvalue weighted by Crippen LogP contribution is -2.06. The molecule has 0 aliphatic carbocycles. The van der Waals surface area contributed by atoms with E-state index in [0.717, 1.165) is 5.69 Å². The van der Waals surface area contributed by atoms with Gasteiger partial charge in [-0.2, -0.15) is 0 Å². The molecule has 7 nitrogen and oxygen atoms in total. The molecule has 0 aliphatic heterocycles. The number of hydrogen-bond donors (Lipinski definition) is 1. The van der Waals surface area contributed by atoms with E-state index in [0.29, 0.717) is 28.5 Å². The van der Waals surface area contributed by atoms with Crippen molar-refractivity contribution in [2.45, 2.75) is 13.0 Å². The molecule has 0 atom stereocenters. The number of aliphatic hydroxyl groups is 1. The van der Waals surface area contributed by atoms with Crippen LogP contribution in [0.2, 0.25) is 5.02 Å². The molecule has 3 rings (SSSR count). The van der Waals surface area contributed by atoms with Gasteiger partial charge in [0.15, 0.2) is 0 Å². The minimum atomic E-state index is -0.453. The molecular weight excluding hydrogens is 358 g/mol. The molecule has 8 heteroatoms. The number of nitro benzene ring substituents is 1. The van der Waals surface area contributed by atoms with E-state index in [4.69, 9.17) is 16.3 Å². The van der Waals surface area contributed by atoms with Crippen molar-refractivity contribution in [3.8, 4) is 11.6 Å². The van der Waals surface area contributed by atoms with Gasteiger partial charge in [0.25, 0.3) is 5.69 Å². The zero-order chi connectivity index (χ0) is 18.5. The van der Waals surface area contributed by atoms with Crippen LogP contribution in [0.4, 0.5) is 5.69 Å². The normalized spacial score (nSPS) is 10.7. The van der Waals surface area contributed by atoms with E-state index >= 15 is 0 Å². The zero-order valence-electron chi connectivity index (χ0n) is 13.7. The molecule has 0 saturated heterocycles. The van der Waals surface area contributed by atoms with Gasteiger partial charge in [-0.1, -0.05) is 23.7 Å². The van der Waals surface area contributed by atoms with E-state index in [9.17, 15) is 15.2 Å². The SMILES string of the molecule is O=[N+]([O-])c1cccc(CCO)c1COc1ccn(-c2ccc(Cl)cc2)n1. The monoisotopic (exact) mass is 373 g/mol. The molecule has 0 amide bonds. The maximum absolute atomic E-state index is 11.3. The van der Waals surface area contributed by atoms with Crippen molar-refractivity contribution < 1.29 is 14.8 Å². The molecule has 1 aromatic heterocycles. The molecule has 134 valence electrons. The smallest absolute Gasteiger partial charge is 0.276 e. The fourth-order valence-electron chi connectivity index (χ4n) is 2.58. The summed E-state index contributed by atoms with van der Waals surface area (Å²) in [6.45, 7) is -0.108. The number of benzene rings is 2. The van der Waals surface area contributed by atoms with Gasteiger partial charge in [0, 0.05) is 30.0 Å². The Morgan fingerprint density at radius 3 is 2.65 bits per heavy atom. The first-order valence-electron chi connectivity index (χ1n) is 7.89. The van der Waals surface area contributed by atoms with E-state index in [1.165, 1.54) is 6.07 Å². The van der Waals surface area contributed by atoms with Crippen LogP contribution in [0.5, 0.6) is 5.88 Å². The number of aromatic nitrogens is 2.